The van der Waals surface area contributed by atoms with Crippen LogP contribution in [-0.4, -0.2) is 15.3 Å². The van der Waals surface area contributed by atoms with Crippen molar-refractivity contribution < 1.29 is 4.79 Å². The molecule has 0 radical (unpaired) electrons. The number of fused-ring (bicyclic) bond motifs is 1. The first-order valence-corrected chi connectivity index (χ1v) is 7.18. The predicted octanol–water partition coefficient (Wildman–Crippen LogP) is 3.57. The van der Waals surface area contributed by atoms with Crippen molar-refractivity contribution in [2.75, 3.05) is 5.32 Å². The van der Waals surface area contributed by atoms with Crippen LogP contribution in [0.4, 0.5) is 5.69 Å². The van der Waals surface area contributed by atoms with Gasteiger partial charge in [0.1, 0.15) is 5.69 Å². The Hall–Kier alpha value is -2.14. The molecule has 1 N–H and O–H groups in total. The van der Waals surface area contributed by atoms with Crippen molar-refractivity contribution in [3.05, 3.63) is 52.3 Å². The second-order valence-electron chi connectivity index (χ2n) is 4.91. The van der Waals surface area contributed by atoms with Gasteiger partial charge >= 0.3 is 0 Å². The quantitative estimate of drug-likeness (QED) is 0.782. The Morgan fingerprint density at radius 1 is 1.20 bits per heavy atom. The summed E-state index contributed by atoms with van der Waals surface area (Å²) in [7, 11) is 0. The average Bonchev–Trinajstić information content (AvgIpc) is 2.91. The zero-order valence-electron chi connectivity index (χ0n) is 11.6. The molecule has 20 heavy (non-hydrogen) atoms. The molecule has 4 nitrogen and oxygen atoms in total. The van der Waals surface area contributed by atoms with Gasteiger partial charge in [0.2, 0.25) is 0 Å². The maximum absolute atomic E-state index is 12.2. The van der Waals surface area contributed by atoms with E-state index >= 15 is 0 Å². The lowest BCUT2D eigenvalue weighted by Crippen LogP contribution is -2.12. The van der Waals surface area contributed by atoms with Gasteiger partial charge in [-0.15, -0.1) is 11.3 Å². The van der Waals surface area contributed by atoms with E-state index in [1.54, 1.807) is 17.5 Å². The Morgan fingerprint density at radius 3 is 2.70 bits per heavy atom. The first kappa shape index (κ1) is 12.9. The summed E-state index contributed by atoms with van der Waals surface area (Å²) in [5.74, 6) is -0.179. The van der Waals surface area contributed by atoms with E-state index in [9.17, 15) is 4.79 Å². The molecule has 0 saturated carbocycles. The van der Waals surface area contributed by atoms with Gasteiger partial charge < -0.3 is 5.32 Å². The van der Waals surface area contributed by atoms with E-state index in [1.165, 1.54) is 10.4 Å². The molecule has 102 valence electrons. The Labute approximate surface area is 121 Å². The van der Waals surface area contributed by atoms with E-state index in [0.29, 0.717) is 5.69 Å². The minimum absolute atomic E-state index is 0.179. The fraction of sp³-hybridized carbons (Fsp3) is 0.200. The van der Waals surface area contributed by atoms with Gasteiger partial charge in [-0.3, -0.25) is 9.20 Å². The van der Waals surface area contributed by atoms with E-state index in [1.807, 2.05) is 49.6 Å². The van der Waals surface area contributed by atoms with Crippen molar-refractivity contribution in [1.29, 1.82) is 0 Å². The van der Waals surface area contributed by atoms with Crippen LogP contribution in [0.15, 0.2) is 30.6 Å². The number of hydrogen-bond acceptors (Lipinski definition) is 3. The van der Waals surface area contributed by atoms with Gasteiger partial charge in [-0.2, -0.15) is 0 Å². The van der Waals surface area contributed by atoms with Gasteiger partial charge in [-0.25, -0.2) is 4.98 Å². The van der Waals surface area contributed by atoms with Crippen LogP contribution in [0.1, 0.15) is 26.5 Å². The largest absolute Gasteiger partial charge is 0.321 e. The Bertz CT molecular complexity index is 769. The molecule has 0 unspecified atom stereocenters. The van der Waals surface area contributed by atoms with E-state index in [2.05, 4.69) is 10.3 Å². The van der Waals surface area contributed by atoms with Crippen LogP contribution in [0.5, 0.6) is 0 Å². The second-order valence-corrected chi connectivity index (χ2v) is 6.12. The first-order valence-electron chi connectivity index (χ1n) is 6.36. The summed E-state index contributed by atoms with van der Waals surface area (Å²) in [5.41, 5.74) is 3.60. The number of imidazole rings is 1. The Balaban J connectivity index is 1.84. The van der Waals surface area contributed by atoms with Crippen LogP contribution >= 0.6 is 11.3 Å². The number of aryl methyl sites for hydroxylation is 3. The summed E-state index contributed by atoms with van der Waals surface area (Å²) in [6, 6.07) is 5.87. The number of hydrogen-bond donors (Lipinski definition) is 1. The van der Waals surface area contributed by atoms with Crippen molar-refractivity contribution >= 4 is 27.9 Å². The minimum atomic E-state index is -0.179. The molecule has 0 spiro atoms. The number of thiazole rings is 1. The topological polar surface area (TPSA) is 46.4 Å². The molecular weight excluding hydrogens is 270 g/mol. The Morgan fingerprint density at radius 2 is 2.00 bits per heavy atom. The zero-order chi connectivity index (χ0) is 14.3. The first-order chi connectivity index (χ1) is 9.52. The number of carbonyl (C=O) groups excluding carboxylic acids is 1. The van der Waals surface area contributed by atoms with Gasteiger partial charge in [-0.1, -0.05) is 6.07 Å². The van der Waals surface area contributed by atoms with E-state index in [4.69, 9.17) is 0 Å². The molecule has 0 aliphatic heterocycles. The summed E-state index contributed by atoms with van der Waals surface area (Å²) < 4.78 is 1.88. The number of nitrogens with zero attached hydrogens (tertiary/aromatic N) is 2. The molecule has 0 bridgehead atoms. The summed E-state index contributed by atoms with van der Waals surface area (Å²) in [5, 5.41) is 2.88. The van der Waals surface area contributed by atoms with Crippen LogP contribution in [-0.2, 0) is 0 Å². The minimum Gasteiger partial charge on any atom is -0.321 e. The highest BCUT2D eigenvalue weighted by atomic mass is 32.1. The number of anilines is 1. The third kappa shape index (κ3) is 2.32. The molecule has 5 heteroatoms. The third-order valence-electron chi connectivity index (χ3n) is 3.27. The lowest BCUT2D eigenvalue weighted by atomic mass is 10.1. The van der Waals surface area contributed by atoms with Crippen molar-refractivity contribution in [3.8, 4) is 0 Å². The van der Waals surface area contributed by atoms with Crippen LogP contribution in [0.2, 0.25) is 0 Å². The van der Waals surface area contributed by atoms with Crippen molar-refractivity contribution in [3.63, 3.8) is 0 Å². The van der Waals surface area contributed by atoms with E-state index in [-0.39, 0.29) is 5.91 Å². The molecule has 0 aliphatic rings. The zero-order valence-corrected chi connectivity index (χ0v) is 12.4. The van der Waals surface area contributed by atoms with E-state index < -0.39 is 0 Å². The van der Waals surface area contributed by atoms with Gasteiger partial charge in [0, 0.05) is 23.0 Å². The molecule has 0 atom stereocenters. The highest BCUT2D eigenvalue weighted by Gasteiger charge is 2.12. The number of benzene rings is 1. The lowest BCUT2D eigenvalue weighted by molar-refractivity contribution is 0.102. The van der Waals surface area contributed by atoms with Crippen molar-refractivity contribution in [2.45, 2.75) is 20.8 Å². The van der Waals surface area contributed by atoms with Crippen LogP contribution in [0.3, 0.4) is 0 Å². The molecule has 2 aromatic heterocycles. The SMILES string of the molecule is Cc1cn2cc(C(=O)Nc3ccc(C)c(C)c3)nc2s1. The van der Waals surface area contributed by atoms with Gasteiger partial charge in [0.05, 0.1) is 0 Å². The molecular formula is C15H15N3OS. The summed E-state index contributed by atoms with van der Waals surface area (Å²) in [6.07, 6.45) is 3.73. The van der Waals surface area contributed by atoms with Gasteiger partial charge in [-0.05, 0) is 44.0 Å². The number of rotatable bonds is 2. The maximum atomic E-state index is 12.2. The lowest BCUT2D eigenvalue weighted by Gasteiger charge is -2.06. The predicted molar refractivity (Wildman–Crippen MR) is 81.7 cm³/mol. The van der Waals surface area contributed by atoms with Gasteiger partial charge in [0.25, 0.3) is 5.91 Å². The molecule has 1 aromatic carbocycles. The number of amides is 1. The third-order valence-corrected chi connectivity index (χ3v) is 4.18. The Kier molecular flexibility index (Phi) is 3.06. The standard InChI is InChI=1S/C15H15N3OS/c1-9-4-5-12(6-10(9)2)16-14(19)13-8-18-7-11(3)20-15(18)17-13/h4-8H,1-3H3,(H,16,19). The fourth-order valence-electron chi connectivity index (χ4n) is 2.03. The van der Waals surface area contributed by atoms with Crippen LogP contribution < -0.4 is 5.32 Å². The second kappa shape index (κ2) is 4.76. The molecule has 0 fully saturated rings. The normalized spacial score (nSPS) is 10.9. The van der Waals surface area contributed by atoms with Crippen molar-refractivity contribution in [1.82, 2.24) is 9.38 Å². The summed E-state index contributed by atoms with van der Waals surface area (Å²) >= 11 is 1.57. The number of aromatic nitrogens is 2. The number of carbonyl (C=O) groups is 1. The molecule has 1 amide bonds. The van der Waals surface area contributed by atoms with E-state index in [0.717, 1.165) is 16.2 Å². The average molecular weight is 285 g/mol. The van der Waals surface area contributed by atoms with Crippen LogP contribution in [0, 0.1) is 20.8 Å². The summed E-state index contributed by atoms with van der Waals surface area (Å²) in [6.45, 7) is 6.10. The molecule has 0 saturated heterocycles. The van der Waals surface area contributed by atoms with Gasteiger partial charge in [0.15, 0.2) is 4.96 Å². The molecule has 2 heterocycles. The summed E-state index contributed by atoms with van der Waals surface area (Å²) in [4.78, 5) is 18.5. The smallest absolute Gasteiger partial charge is 0.275 e. The van der Waals surface area contributed by atoms with Crippen LogP contribution in [0.25, 0.3) is 4.96 Å². The highest BCUT2D eigenvalue weighted by molar-refractivity contribution is 7.17. The monoisotopic (exact) mass is 285 g/mol. The highest BCUT2D eigenvalue weighted by Crippen LogP contribution is 2.18. The molecule has 3 aromatic rings. The fourth-order valence-corrected chi connectivity index (χ4v) is 2.84. The maximum Gasteiger partial charge on any atom is 0.275 e. The molecule has 3 rings (SSSR count). The van der Waals surface area contributed by atoms with Crippen molar-refractivity contribution in [2.24, 2.45) is 0 Å². The molecule has 0 aliphatic carbocycles. The number of nitrogens with one attached hydrogen (secondary N) is 1.